The maximum Gasteiger partial charge on any atom is 0.115 e. The number of nitrogens with zero attached hydrogens (tertiary/aromatic N) is 3. The molecule has 1 aromatic heterocycles. The Labute approximate surface area is 84.4 Å². The summed E-state index contributed by atoms with van der Waals surface area (Å²) in [5.41, 5.74) is 1.14. The fourth-order valence-electron chi connectivity index (χ4n) is 1.67. The zero-order valence-corrected chi connectivity index (χ0v) is 8.32. The summed E-state index contributed by atoms with van der Waals surface area (Å²) < 4.78 is 0. The molecule has 0 saturated carbocycles. The van der Waals surface area contributed by atoms with Gasteiger partial charge >= 0.3 is 0 Å². The molecule has 1 fully saturated rings. The molecule has 0 atom stereocenters. The Bertz CT molecular complexity index is 256. The van der Waals surface area contributed by atoms with Gasteiger partial charge in [-0.1, -0.05) is 0 Å². The summed E-state index contributed by atoms with van der Waals surface area (Å²) in [5, 5.41) is 3.35. The lowest BCUT2D eigenvalue weighted by atomic mass is 10.2. The van der Waals surface area contributed by atoms with Crippen LogP contribution in [-0.4, -0.2) is 47.6 Å². The molecule has 2 rings (SSSR count). The van der Waals surface area contributed by atoms with Gasteiger partial charge in [0.15, 0.2) is 0 Å². The molecule has 14 heavy (non-hydrogen) atoms. The molecule has 0 bridgehead atoms. The lowest BCUT2D eigenvalue weighted by Gasteiger charge is -2.26. The maximum atomic E-state index is 4.21. The van der Waals surface area contributed by atoms with E-state index < -0.39 is 0 Å². The predicted molar refractivity (Wildman–Crippen MR) is 55.0 cm³/mol. The van der Waals surface area contributed by atoms with Crippen LogP contribution in [0.4, 0.5) is 0 Å². The van der Waals surface area contributed by atoms with Crippen molar-refractivity contribution in [2.45, 2.75) is 6.42 Å². The van der Waals surface area contributed by atoms with E-state index in [2.05, 4.69) is 20.2 Å². The van der Waals surface area contributed by atoms with Crippen LogP contribution in [0, 0.1) is 0 Å². The van der Waals surface area contributed by atoms with Crippen LogP contribution in [0.2, 0.25) is 0 Å². The summed E-state index contributed by atoms with van der Waals surface area (Å²) in [6.07, 6.45) is 4.45. The quantitative estimate of drug-likeness (QED) is 0.727. The Morgan fingerprint density at radius 2 is 2.21 bits per heavy atom. The minimum absolute atomic E-state index is 1.03. The van der Waals surface area contributed by atoms with Gasteiger partial charge in [0.25, 0.3) is 0 Å². The third kappa shape index (κ3) is 2.75. The van der Waals surface area contributed by atoms with Gasteiger partial charge in [0.2, 0.25) is 0 Å². The van der Waals surface area contributed by atoms with Crippen LogP contribution in [0.3, 0.4) is 0 Å². The first kappa shape index (κ1) is 9.55. The van der Waals surface area contributed by atoms with Gasteiger partial charge in [-0.2, -0.15) is 0 Å². The van der Waals surface area contributed by atoms with Crippen molar-refractivity contribution in [3.05, 3.63) is 24.3 Å². The molecular weight excluding hydrogens is 176 g/mol. The van der Waals surface area contributed by atoms with E-state index in [1.54, 1.807) is 12.5 Å². The standard InChI is InChI=1S/C10H16N4/c1-3-12-9-13-10(1)2-6-14-7-4-11-5-8-14/h1,3,9,11H,2,4-8H2. The molecule has 0 spiro atoms. The number of piperazine rings is 1. The van der Waals surface area contributed by atoms with E-state index in [1.165, 1.54) is 0 Å². The number of nitrogens with one attached hydrogen (secondary N) is 1. The molecule has 1 saturated heterocycles. The molecule has 1 N–H and O–H groups in total. The van der Waals surface area contributed by atoms with Crippen LogP contribution in [0.15, 0.2) is 18.6 Å². The molecule has 4 nitrogen and oxygen atoms in total. The van der Waals surface area contributed by atoms with Crippen LogP contribution in [0.25, 0.3) is 0 Å². The van der Waals surface area contributed by atoms with Crippen LogP contribution < -0.4 is 5.32 Å². The van der Waals surface area contributed by atoms with Gasteiger partial charge in [0.05, 0.1) is 0 Å². The normalized spacial score (nSPS) is 18.3. The van der Waals surface area contributed by atoms with Crippen molar-refractivity contribution in [2.24, 2.45) is 0 Å². The van der Waals surface area contributed by atoms with Crippen molar-refractivity contribution >= 4 is 0 Å². The first-order valence-corrected chi connectivity index (χ1v) is 5.13. The predicted octanol–water partition coefficient (Wildman–Crippen LogP) is -0.0757. The molecule has 0 aliphatic carbocycles. The Morgan fingerprint density at radius 1 is 1.36 bits per heavy atom. The van der Waals surface area contributed by atoms with Crippen molar-refractivity contribution in [1.29, 1.82) is 0 Å². The Morgan fingerprint density at radius 3 is 2.93 bits per heavy atom. The zero-order valence-electron chi connectivity index (χ0n) is 8.32. The SMILES string of the molecule is c1cc(CCN2CCNCC2)ncn1. The second-order valence-electron chi connectivity index (χ2n) is 3.54. The summed E-state index contributed by atoms with van der Waals surface area (Å²) in [5.74, 6) is 0. The highest BCUT2D eigenvalue weighted by Crippen LogP contribution is 1.97. The number of hydrogen-bond donors (Lipinski definition) is 1. The van der Waals surface area contributed by atoms with Gasteiger partial charge in [0, 0.05) is 51.0 Å². The van der Waals surface area contributed by atoms with Crippen molar-refractivity contribution in [3.63, 3.8) is 0 Å². The highest BCUT2D eigenvalue weighted by molar-refractivity contribution is 4.98. The van der Waals surface area contributed by atoms with Crippen molar-refractivity contribution in [1.82, 2.24) is 20.2 Å². The van der Waals surface area contributed by atoms with Gasteiger partial charge in [-0.15, -0.1) is 0 Å². The van der Waals surface area contributed by atoms with E-state index >= 15 is 0 Å². The van der Waals surface area contributed by atoms with E-state index in [9.17, 15) is 0 Å². The first-order chi connectivity index (χ1) is 6.95. The Hall–Kier alpha value is -1.00. The number of aromatic nitrogens is 2. The van der Waals surface area contributed by atoms with Gasteiger partial charge in [-0.05, 0) is 6.07 Å². The van der Waals surface area contributed by atoms with E-state index in [0.717, 1.165) is 44.8 Å². The van der Waals surface area contributed by atoms with Crippen LogP contribution in [0.1, 0.15) is 5.69 Å². The Balaban J connectivity index is 1.76. The minimum Gasteiger partial charge on any atom is -0.314 e. The third-order valence-electron chi connectivity index (χ3n) is 2.54. The fraction of sp³-hybridized carbons (Fsp3) is 0.600. The third-order valence-corrected chi connectivity index (χ3v) is 2.54. The minimum atomic E-state index is 1.03. The van der Waals surface area contributed by atoms with E-state index in [0.29, 0.717) is 0 Å². The largest absolute Gasteiger partial charge is 0.314 e. The number of rotatable bonds is 3. The lowest BCUT2D eigenvalue weighted by Crippen LogP contribution is -2.44. The molecule has 4 heteroatoms. The maximum absolute atomic E-state index is 4.21. The van der Waals surface area contributed by atoms with E-state index in [-0.39, 0.29) is 0 Å². The molecule has 0 aromatic carbocycles. The van der Waals surface area contributed by atoms with E-state index in [4.69, 9.17) is 0 Å². The first-order valence-electron chi connectivity index (χ1n) is 5.13. The topological polar surface area (TPSA) is 41.0 Å². The lowest BCUT2D eigenvalue weighted by molar-refractivity contribution is 0.243. The summed E-state index contributed by atoms with van der Waals surface area (Å²) in [4.78, 5) is 10.6. The second-order valence-corrected chi connectivity index (χ2v) is 3.54. The average molecular weight is 192 g/mol. The number of hydrogen-bond acceptors (Lipinski definition) is 4. The fourth-order valence-corrected chi connectivity index (χ4v) is 1.67. The van der Waals surface area contributed by atoms with Crippen LogP contribution in [0.5, 0.6) is 0 Å². The van der Waals surface area contributed by atoms with Crippen LogP contribution >= 0.6 is 0 Å². The highest BCUT2D eigenvalue weighted by Gasteiger charge is 2.08. The summed E-state index contributed by atoms with van der Waals surface area (Å²) >= 11 is 0. The van der Waals surface area contributed by atoms with Crippen LogP contribution in [-0.2, 0) is 6.42 Å². The monoisotopic (exact) mass is 192 g/mol. The van der Waals surface area contributed by atoms with Gasteiger partial charge in [-0.25, -0.2) is 9.97 Å². The van der Waals surface area contributed by atoms with Crippen molar-refractivity contribution < 1.29 is 0 Å². The molecule has 1 aliphatic rings. The summed E-state index contributed by atoms with van der Waals surface area (Å²) in [6.45, 7) is 5.66. The molecule has 1 aromatic rings. The highest BCUT2D eigenvalue weighted by atomic mass is 15.2. The molecule has 0 radical (unpaired) electrons. The van der Waals surface area contributed by atoms with Gasteiger partial charge < -0.3 is 10.2 Å². The molecule has 1 aliphatic heterocycles. The van der Waals surface area contributed by atoms with E-state index in [1.807, 2.05) is 6.07 Å². The van der Waals surface area contributed by atoms with Crippen molar-refractivity contribution in [3.8, 4) is 0 Å². The Kier molecular flexibility index (Phi) is 3.43. The van der Waals surface area contributed by atoms with Gasteiger partial charge in [-0.3, -0.25) is 0 Å². The van der Waals surface area contributed by atoms with Gasteiger partial charge in [0.1, 0.15) is 6.33 Å². The molecular formula is C10H16N4. The summed E-state index contributed by atoms with van der Waals surface area (Å²) in [6, 6.07) is 1.99. The van der Waals surface area contributed by atoms with Crippen molar-refractivity contribution in [2.75, 3.05) is 32.7 Å². The smallest absolute Gasteiger partial charge is 0.115 e. The second kappa shape index (κ2) is 5.02. The zero-order chi connectivity index (χ0) is 9.64. The average Bonchev–Trinajstić information content (AvgIpc) is 2.29. The molecule has 0 amide bonds. The molecule has 2 heterocycles. The molecule has 0 unspecified atom stereocenters. The molecule has 76 valence electrons. The summed E-state index contributed by atoms with van der Waals surface area (Å²) in [7, 11) is 0.